The van der Waals surface area contributed by atoms with Gasteiger partial charge in [0.2, 0.25) is 0 Å². The third kappa shape index (κ3) is 5.21. The summed E-state index contributed by atoms with van der Waals surface area (Å²) >= 11 is 0. The maximum Gasteiger partial charge on any atom is 0.174 e. The maximum atomic E-state index is 5.15. The highest BCUT2D eigenvalue weighted by atomic mass is 16.7. The van der Waals surface area contributed by atoms with Crippen LogP contribution >= 0.6 is 0 Å². The van der Waals surface area contributed by atoms with E-state index in [2.05, 4.69) is 12.2 Å². The van der Waals surface area contributed by atoms with Crippen molar-refractivity contribution in [3.05, 3.63) is 0 Å². The van der Waals surface area contributed by atoms with Crippen molar-refractivity contribution in [2.45, 2.75) is 25.7 Å². The SMILES string of the molecule is CCCNC(COC)C(OC)OC. The predicted octanol–water partition coefficient (Wildman–Crippen LogP) is 0.620. The smallest absolute Gasteiger partial charge is 0.174 e. The molecule has 80 valence electrons. The summed E-state index contributed by atoms with van der Waals surface area (Å²) in [4.78, 5) is 0. The Hall–Kier alpha value is -0.160. The second-order valence-corrected chi connectivity index (χ2v) is 2.86. The molecule has 0 aromatic rings. The zero-order valence-electron chi connectivity index (χ0n) is 9.00. The summed E-state index contributed by atoms with van der Waals surface area (Å²) in [5.41, 5.74) is 0. The molecule has 0 fully saturated rings. The van der Waals surface area contributed by atoms with Gasteiger partial charge >= 0.3 is 0 Å². The summed E-state index contributed by atoms with van der Waals surface area (Å²) in [5.74, 6) is 0. The number of ether oxygens (including phenoxy) is 3. The van der Waals surface area contributed by atoms with Crippen LogP contribution in [0.25, 0.3) is 0 Å². The highest BCUT2D eigenvalue weighted by molar-refractivity contribution is 4.69. The Morgan fingerprint density at radius 2 is 1.77 bits per heavy atom. The molecule has 1 unspecified atom stereocenters. The van der Waals surface area contributed by atoms with E-state index in [1.807, 2.05) is 0 Å². The molecule has 0 aromatic carbocycles. The van der Waals surface area contributed by atoms with Gasteiger partial charge in [-0.1, -0.05) is 6.92 Å². The highest BCUT2D eigenvalue weighted by Gasteiger charge is 2.19. The molecule has 0 saturated heterocycles. The number of methoxy groups -OCH3 is 3. The first kappa shape index (κ1) is 12.8. The van der Waals surface area contributed by atoms with Crippen LogP contribution in [0.1, 0.15) is 13.3 Å². The van der Waals surface area contributed by atoms with E-state index < -0.39 is 0 Å². The fourth-order valence-corrected chi connectivity index (χ4v) is 1.17. The zero-order valence-corrected chi connectivity index (χ0v) is 9.00. The Bertz CT molecular complexity index is 107. The lowest BCUT2D eigenvalue weighted by Crippen LogP contribution is -2.45. The van der Waals surface area contributed by atoms with Crippen molar-refractivity contribution in [3.8, 4) is 0 Å². The second-order valence-electron chi connectivity index (χ2n) is 2.86. The molecule has 0 aliphatic heterocycles. The minimum atomic E-state index is -0.244. The van der Waals surface area contributed by atoms with Gasteiger partial charge in [0.1, 0.15) is 0 Å². The van der Waals surface area contributed by atoms with Crippen LogP contribution in [-0.4, -0.2) is 46.8 Å². The third-order valence-electron chi connectivity index (χ3n) is 1.80. The molecular weight excluding hydrogens is 170 g/mol. The van der Waals surface area contributed by atoms with Crippen molar-refractivity contribution in [1.82, 2.24) is 5.32 Å². The molecule has 0 spiro atoms. The van der Waals surface area contributed by atoms with E-state index in [1.54, 1.807) is 21.3 Å². The lowest BCUT2D eigenvalue weighted by molar-refractivity contribution is -0.132. The molecule has 4 nitrogen and oxygen atoms in total. The van der Waals surface area contributed by atoms with Crippen molar-refractivity contribution < 1.29 is 14.2 Å². The van der Waals surface area contributed by atoms with Crippen LogP contribution in [0.5, 0.6) is 0 Å². The van der Waals surface area contributed by atoms with Crippen LogP contribution in [0, 0.1) is 0 Å². The largest absolute Gasteiger partial charge is 0.383 e. The molecule has 0 aliphatic carbocycles. The second kappa shape index (κ2) is 8.44. The van der Waals surface area contributed by atoms with Crippen LogP contribution in [0.15, 0.2) is 0 Å². The molecule has 0 amide bonds. The van der Waals surface area contributed by atoms with Gasteiger partial charge in [-0.3, -0.25) is 0 Å². The van der Waals surface area contributed by atoms with Gasteiger partial charge in [-0.2, -0.15) is 0 Å². The molecule has 0 radical (unpaired) electrons. The first-order chi connectivity index (χ1) is 6.29. The number of hydrogen-bond donors (Lipinski definition) is 1. The molecule has 0 saturated carbocycles. The lowest BCUT2D eigenvalue weighted by Gasteiger charge is -2.24. The van der Waals surface area contributed by atoms with Gasteiger partial charge in [-0.15, -0.1) is 0 Å². The van der Waals surface area contributed by atoms with Crippen LogP contribution in [-0.2, 0) is 14.2 Å². The maximum absolute atomic E-state index is 5.15. The minimum Gasteiger partial charge on any atom is -0.383 e. The monoisotopic (exact) mass is 191 g/mol. The zero-order chi connectivity index (χ0) is 10.1. The van der Waals surface area contributed by atoms with Crippen molar-refractivity contribution in [3.63, 3.8) is 0 Å². The van der Waals surface area contributed by atoms with Gasteiger partial charge in [-0.25, -0.2) is 0 Å². The Kier molecular flexibility index (Phi) is 8.33. The quantitative estimate of drug-likeness (QED) is 0.571. The predicted molar refractivity (Wildman–Crippen MR) is 51.8 cm³/mol. The molecule has 0 aromatic heterocycles. The van der Waals surface area contributed by atoms with E-state index >= 15 is 0 Å². The molecule has 0 aliphatic rings. The minimum absolute atomic E-state index is 0.0972. The Labute approximate surface area is 80.5 Å². The molecule has 1 N–H and O–H groups in total. The van der Waals surface area contributed by atoms with E-state index in [0.717, 1.165) is 13.0 Å². The lowest BCUT2D eigenvalue weighted by atomic mass is 10.3. The van der Waals surface area contributed by atoms with Crippen molar-refractivity contribution in [2.24, 2.45) is 0 Å². The summed E-state index contributed by atoms with van der Waals surface area (Å²) in [6.07, 6.45) is 0.840. The average molecular weight is 191 g/mol. The van der Waals surface area contributed by atoms with Gasteiger partial charge < -0.3 is 19.5 Å². The van der Waals surface area contributed by atoms with Crippen molar-refractivity contribution in [1.29, 1.82) is 0 Å². The van der Waals surface area contributed by atoms with Gasteiger partial charge in [0.15, 0.2) is 6.29 Å². The van der Waals surface area contributed by atoms with Gasteiger partial charge in [0.25, 0.3) is 0 Å². The molecule has 1 atom stereocenters. The van der Waals surface area contributed by atoms with Crippen LogP contribution in [0.3, 0.4) is 0 Å². The van der Waals surface area contributed by atoms with Gasteiger partial charge in [-0.05, 0) is 13.0 Å². The summed E-state index contributed by atoms with van der Waals surface area (Å²) < 4.78 is 15.4. The standard InChI is InChI=1S/C9H21NO3/c1-5-6-10-8(7-11-2)9(12-3)13-4/h8-10H,5-7H2,1-4H3. The fourth-order valence-electron chi connectivity index (χ4n) is 1.17. The third-order valence-corrected chi connectivity index (χ3v) is 1.80. The molecule has 0 heterocycles. The molecular formula is C9H21NO3. The highest BCUT2D eigenvalue weighted by Crippen LogP contribution is 2.00. The number of rotatable bonds is 8. The molecule has 13 heavy (non-hydrogen) atoms. The van der Waals surface area contributed by atoms with E-state index in [1.165, 1.54) is 0 Å². The summed E-state index contributed by atoms with van der Waals surface area (Å²) in [7, 11) is 4.93. The summed E-state index contributed by atoms with van der Waals surface area (Å²) in [5, 5.41) is 3.30. The van der Waals surface area contributed by atoms with Crippen LogP contribution in [0.4, 0.5) is 0 Å². The Morgan fingerprint density at radius 1 is 1.15 bits per heavy atom. The van der Waals surface area contributed by atoms with E-state index in [4.69, 9.17) is 14.2 Å². The van der Waals surface area contributed by atoms with E-state index in [0.29, 0.717) is 6.61 Å². The van der Waals surface area contributed by atoms with Crippen molar-refractivity contribution >= 4 is 0 Å². The molecule has 4 heteroatoms. The average Bonchev–Trinajstić information content (AvgIpc) is 2.16. The normalized spacial score (nSPS) is 13.6. The van der Waals surface area contributed by atoms with E-state index in [-0.39, 0.29) is 12.3 Å². The number of nitrogens with one attached hydrogen (secondary N) is 1. The first-order valence-electron chi connectivity index (χ1n) is 4.58. The number of hydrogen-bond acceptors (Lipinski definition) is 4. The van der Waals surface area contributed by atoms with Crippen LogP contribution in [0.2, 0.25) is 0 Å². The Balaban J connectivity index is 3.88. The molecule has 0 bridgehead atoms. The summed E-state index contributed by atoms with van der Waals surface area (Å²) in [6, 6.07) is 0.0972. The first-order valence-corrected chi connectivity index (χ1v) is 4.58. The topological polar surface area (TPSA) is 39.7 Å². The van der Waals surface area contributed by atoms with Crippen molar-refractivity contribution in [2.75, 3.05) is 34.5 Å². The van der Waals surface area contributed by atoms with Crippen LogP contribution < -0.4 is 5.32 Å². The summed E-state index contributed by atoms with van der Waals surface area (Å²) in [6.45, 7) is 3.65. The van der Waals surface area contributed by atoms with Gasteiger partial charge in [0.05, 0.1) is 12.6 Å². The van der Waals surface area contributed by atoms with E-state index in [9.17, 15) is 0 Å². The Morgan fingerprint density at radius 3 is 2.15 bits per heavy atom. The van der Waals surface area contributed by atoms with Gasteiger partial charge in [0, 0.05) is 21.3 Å². The molecule has 0 rings (SSSR count). The fraction of sp³-hybridized carbons (Fsp3) is 1.00.